The van der Waals surface area contributed by atoms with Gasteiger partial charge in [0.25, 0.3) is 0 Å². The average molecular weight is 170 g/mol. The number of alkyl carbamates (subject to hydrolysis) is 1. The maximum Gasteiger partial charge on any atom is 0.407 e. The summed E-state index contributed by atoms with van der Waals surface area (Å²) in [6, 6.07) is 0.360. The van der Waals surface area contributed by atoms with Gasteiger partial charge in [-0.05, 0) is 31.3 Å². The van der Waals surface area contributed by atoms with Gasteiger partial charge in [0.05, 0.1) is 7.11 Å². The minimum Gasteiger partial charge on any atom is -0.453 e. The Morgan fingerprint density at radius 1 is 1.50 bits per heavy atom. The van der Waals surface area contributed by atoms with Crippen molar-refractivity contribution in [1.29, 1.82) is 0 Å². The molecule has 0 radical (unpaired) electrons. The van der Waals surface area contributed by atoms with Crippen LogP contribution in [-0.2, 0) is 4.74 Å². The molecule has 4 heteroatoms. The SMILES string of the molecule is COC(=O)NC1C2CNCC1C2. The third-order valence-electron chi connectivity index (χ3n) is 2.90. The van der Waals surface area contributed by atoms with Crippen LogP contribution in [-0.4, -0.2) is 32.3 Å². The van der Waals surface area contributed by atoms with Crippen LogP contribution in [0.3, 0.4) is 0 Å². The van der Waals surface area contributed by atoms with Crippen molar-refractivity contribution >= 4 is 6.09 Å². The van der Waals surface area contributed by atoms with Crippen molar-refractivity contribution in [2.45, 2.75) is 12.5 Å². The number of carbonyl (C=O) groups excluding carboxylic acids is 1. The number of rotatable bonds is 1. The Morgan fingerprint density at radius 3 is 2.67 bits per heavy atom. The summed E-state index contributed by atoms with van der Waals surface area (Å²) < 4.78 is 4.55. The lowest BCUT2D eigenvalue weighted by atomic mass is 9.67. The minimum absolute atomic E-state index is 0.295. The van der Waals surface area contributed by atoms with E-state index in [2.05, 4.69) is 15.4 Å². The second-order valence-electron chi connectivity index (χ2n) is 3.58. The van der Waals surface area contributed by atoms with E-state index in [1.165, 1.54) is 13.5 Å². The van der Waals surface area contributed by atoms with Gasteiger partial charge in [-0.2, -0.15) is 0 Å². The van der Waals surface area contributed by atoms with Crippen molar-refractivity contribution in [3.8, 4) is 0 Å². The zero-order chi connectivity index (χ0) is 8.55. The number of hydrogen-bond acceptors (Lipinski definition) is 3. The molecule has 2 aliphatic heterocycles. The second-order valence-corrected chi connectivity index (χ2v) is 3.58. The van der Waals surface area contributed by atoms with Crippen LogP contribution in [0.5, 0.6) is 0 Å². The number of nitrogens with one attached hydrogen (secondary N) is 2. The van der Waals surface area contributed by atoms with E-state index in [0.29, 0.717) is 17.9 Å². The molecule has 2 saturated heterocycles. The summed E-state index contributed by atoms with van der Waals surface area (Å²) >= 11 is 0. The average Bonchev–Trinajstić information content (AvgIpc) is 2.14. The maximum atomic E-state index is 10.9. The first kappa shape index (κ1) is 7.86. The molecule has 2 atom stereocenters. The molecule has 1 aliphatic carbocycles. The number of amides is 1. The fourth-order valence-electron chi connectivity index (χ4n) is 2.18. The van der Waals surface area contributed by atoms with Gasteiger partial charge in [0.2, 0.25) is 0 Å². The number of piperidine rings is 2. The number of hydrogen-bond donors (Lipinski definition) is 2. The standard InChI is InChI=1S/C8H14N2O2/c1-12-8(11)10-7-5-2-6(7)4-9-3-5/h5-7,9H,2-4H2,1H3,(H,10,11). The van der Waals surface area contributed by atoms with Gasteiger partial charge in [-0.15, -0.1) is 0 Å². The summed E-state index contributed by atoms with van der Waals surface area (Å²) in [4.78, 5) is 10.9. The van der Waals surface area contributed by atoms with Crippen LogP contribution in [0.15, 0.2) is 0 Å². The van der Waals surface area contributed by atoms with Gasteiger partial charge < -0.3 is 15.4 Å². The van der Waals surface area contributed by atoms with Gasteiger partial charge in [0, 0.05) is 6.04 Å². The monoisotopic (exact) mass is 170 g/mol. The zero-order valence-corrected chi connectivity index (χ0v) is 7.17. The first-order chi connectivity index (χ1) is 5.81. The summed E-state index contributed by atoms with van der Waals surface area (Å²) in [5.41, 5.74) is 0. The topological polar surface area (TPSA) is 50.4 Å². The summed E-state index contributed by atoms with van der Waals surface area (Å²) in [5, 5.41) is 6.18. The molecular formula is C8H14N2O2. The van der Waals surface area contributed by atoms with Gasteiger partial charge in [-0.25, -0.2) is 4.79 Å². The largest absolute Gasteiger partial charge is 0.453 e. The third-order valence-corrected chi connectivity index (χ3v) is 2.90. The molecular weight excluding hydrogens is 156 g/mol. The lowest BCUT2D eigenvalue weighted by Crippen LogP contribution is -2.63. The first-order valence-corrected chi connectivity index (χ1v) is 4.36. The lowest BCUT2D eigenvalue weighted by Gasteiger charge is -2.49. The number of fused-ring (bicyclic) bond motifs is 2. The Hall–Kier alpha value is -0.770. The normalized spacial score (nSPS) is 38.2. The van der Waals surface area contributed by atoms with Gasteiger partial charge in [0.15, 0.2) is 0 Å². The summed E-state index contributed by atoms with van der Waals surface area (Å²) in [6.45, 7) is 2.07. The highest BCUT2D eigenvalue weighted by Gasteiger charge is 2.44. The van der Waals surface area contributed by atoms with E-state index in [9.17, 15) is 4.79 Å². The van der Waals surface area contributed by atoms with E-state index in [1.807, 2.05) is 0 Å². The first-order valence-electron chi connectivity index (χ1n) is 4.36. The molecule has 0 aromatic carbocycles. The highest BCUT2D eigenvalue weighted by Crippen LogP contribution is 2.36. The van der Waals surface area contributed by atoms with Crippen molar-refractivity contribution in [3.63, 3.8) is 0 Å². The molecule has 4 nitrogen and oxygen atoms in total. The van der Waals surface area contributed by atoms with Gasteiger partial charge >= 0.3 is 6.09 Å². The fourth-order valence-corrected chi connectivity index (χ4v) is 2.18. The fraction of sp³-hybridized carbons (Fsp3) is 0.875. The van der Waals surface area contributed by atoms with Crippen molar-refractivity contribution in [2.24, 2.45) is 11.8 Å². The molecule has 2 N–H and O–H groups in total. The van der Waals surface area contributed by atoms with Crippen LogP contribution < -0.4 is 10.6 Å². The lowest BCUT2D eigenvalue weighted by molar-refractivity contribution is 0.0620. The molecule has 3 aliphatic rings. The summed E-state index contributed by atoms with van der Waals surface area (Å²) in [5.74, 6) is 1.26. The summed E-state index contributed by atoms with van der Waals surface area (Å²) in [6.07, 6.45) is 0.957. The van der Waals surface area contributed by atoms with Crippen LogP contribution >= 0.6 is 0 Å². The highest BCUT2D eigenvalue weighted by molar-refractivity contribution is 5.67. The number of ether oxygens (including phenoxy) is 1. The van der Waals surface area contributed by atoms with Crippen molar-refractivity contribution < 1.29 is 9.53 Å². The Kier molecular flexibility index (Phi) is 1.92. The molecule has 2 heterocycles. The molecule has 3 rings (SSSR count). The van der Waals surface area contributed by atoms with Crippen LogP contribution in [0.25, 0.3) is 0 Å². The van der Waals surface area contributed by atoms with E-state index >= 15 is 0 Å². The number of carbonyl (C=O) groups is 1. The molecule has 2 bridgehead atoms. The second kappa shape index (κ2) is 2.94. The van der Waals surface area contributed by atoms with Crippen LogP contribution in [0.2, 0.25) is 0 Å². The highest BCUT2D eigenvalue weighted by atomic mass is 16.5. The molecule has 2 unspecified atom stereocenters. The van der Waals surface area contributed by atoms with Gasteiger partial charge in [-0.1, -0.05) is 0 Å². The van der Waals surface area contributed by atoms with E-state index in [0.717, 1.165) is 13.1 Å². The van der Waals surface area contributed by atoms with Crippen molar-refractivity contribution in [3.05, 3.63) is 0 Å². The van der Waals surface area contributed by atoms with E-state index in [4.69, 9.17) is 0 Å². The molecule has 0 aromatic rings. The Balaban J connectivity index is 1.85. The summed E-state index contributed by atoms with van der Waals surface area (Å²) in [7, 11) is 1.40. The molecule has 12 heavy (non-hydrogen) atoms. The zero-order valence-electron chi connectivity index (χ0n) is 7.17. The predicted octanol–water partition coefficient (Wildman–Crippen LogP) is -0.0497. The maximum absolute atomic E-state index is 10.9. The van der Waals surface area contributed by atoms with Crippen molar-refractivity contribution in [2.75, 3.05) is 20.2 Å². The Morgan fingerprint density at radius 2 is 2.17 bits per heavy atom. The van der Waals surface area contributed by atoms with Gasteiger partial charge in [0.1, 0.15) is 0 Å². The van der Waals surface area contributed by atoms with Crippen LogP contribution in [0, 0.1) is 11.8 Å². The van der Waals surface area contributed by atoms with E-state index in [-0.39, 0.29) is 6.09 Å². The smallest absolute Gasteiger partial charge is 0.407 e. The number of methoxy groups -OCH3 is 1. The minimum atomic E-state index is -0.295. The molecule has 1 amide bonds. The quantitative estimate of drug-likeness (QED) is 0.580. The molecule has 0 aromatic heterocycles. The molecule has 1 saturated carbocycles. The van der Waals surface area contributed by atoms with Crippen LogP contribution in [0.4, 0.5) is 4.79 Å². The Labute approximate surface area is 71.7 Å². The van der Waals surface area contributed by atoms with Crippen molar-refractivity contribution in [1.82, 2.24) is 10.6 Å². The molecule has 68 valence electrons. The third kappa shape index (κ3) is 1.16. The molecule has 3 fully saturated rings. The van der Waals surface area contributed by atoms with E-state index < -0.39 is 0 Å². The van der Waals surface area contributed by atoms with E-state index in [1.54, 1.807) is 0 Å². The Bertz CT molecular complexity index is 181. The predicted molar refractivity (Wildman–Crippen MR) is 43.8 cm³/mol. The molecule has 0 spiro atoms. The van der Waals surface area contributed by atoms with Gasteiger partial charge in [-0.3, -0.25) is 0 Å². The van der Waals surface area contributed by atoms with Crippen LogP contribution in [0.1, 0.15) is 6.42 Å².